The third-order valence-electron chi connectivity index (χ3n) is 6.41. The molecule has 0 bridgehead atoms. The molecule has 0 saturated heterocycles. The molecular formula is C31H38CuN2O3. The fourth-order valence-corrected chi connectivity index (χ4v) is 4.02. The molecule has 0 aliphatic heterocycles. The van der Waals surface area contributed by atoms with Crippen molar-refractivity contribution in [2.75, 3.05) is 27.2 Å². The van der Waals surface area contributed by atoms with Gasteiger partial charge in [-0.25, -0.2) is 0 Å². The molecular weight excluding hydrogens is 512 g/mol. The molecule has 0 amide bonds. The Bertz CT molecular complexity index is 1150. The number of hydrogen-bond donors (Lipinski definition) is 0. The van der Waals surface area contributed by atoms with Crippen LogP contribution in [0.15, 0.2) is 77.8 Å². The normalized spacial score (nSPS) is 11.6. The molecule has 3 aromatic carbocycles. The van der Waals surface area contributed by atoms with Gasteiger partial charge in [-0.2, -0.15) is 0 Å². The molecule has 201 valence electrons. The number of carbonyl (C=O) groups excluding carboxylic acids is 1. The third-order valence-corrected chi connectivity index (χ3v) is 6.41. The Morgan fingerprint density at radius 2 is 1.32 bits per heavy atom. The fourth-order valence-electron chi connectivity index (χ4n) is 4.02. The van der Waals surface area contributed by atoms with Gasteiger partial charge in [-0.1, -0.05) is 100 Å². The summed E-state index contributed by atoms with van der Waals surface area (Å²) >= 11 is 0. The van der Waals surface area contributed by atoms with Gasteiger partial charge in [-0.3, -0.25) is 4.99 Å². The summed E-state index contributed by atoms with van der Waals surface area (Å²) in [5.41, 5.74) is 4.26. The van der Waals surface area contributed by atoms with Crippen molar-refractivity contribution in [2.45, 2.75) is 45.4 Å². The molecule has 0 atom stereocenters. The van der Waals surface area contributed by atoms with Crippen LogP contribution in [-0.2, 0) is 32.7 Å². The second-order valence-corrected chi connectivity index (χ2v) is 10.3. The van der Waals surface area contributed by atoms with Gasteiger partial charge in [0.05, 0.1) is 6.54 Å². The van der Waals surface area contributed by atoms with Crippen LogP contribution in [0.5, 0.6) is 5.75 Å². The first-order valence-corrected chi connectivity index (χ1v) is 12.2. The van der Waals surface area contributed by atoms with E-state index in [0.717, 1.165) is 30.2 Å². The van der Waals surface area contributed by atoms with Crippen LogP contribution in [0.4, 0.5) is 0 Å². The molecule has 0 fully saturated rings. The monoisotopic (exact) mass is 549 g/mol. The van der Waals surface area contributed by atoms with E-state index >= 15 is 0 Å². The summed E-state index contributed by atoms with van der Waals surface area (Å²) in [5, 5.41) is 22.5. The summed E-state index contributed by atoms with van der Waals surface area (Å²) in [5.74, 6) is -1.03. The molecule has 0 aliphatic rings. The smallest absolute Gasteiger partial charge is 0.872 e. The van der Waals surface area contributed by atoms with Crippen LogP contribution in [0.3, 0.4) is 0 Å². The van der Waals surface area contributed by atoms with Gasteiger partial charge in [0.1, 0.15) is 0 Å². The van der Waals surface area contributed by atoms with Crippen LogP contribution in [0.1, 0.15) is 62.4 Å². The summed E-state index contributed by atoms with van der Waals surface area (Å²) < 4.78 is 0. The van der Waals surface area contributed by atoms with Crippen LogP contribution in [0, 0.1) is 0 Å². The van der Waals surface area contributed by atoms with Crippen LogP contribution >= 0.6 is 0 Å². The minimum absolute atomic E-state index is 0. The maximum atomic E-state index is 13.6. The predicted molar refractivity (Wildman–Crippen MR) is 145 cm³/mol. The van der Waals surface area contributed by atoms with E-state index in [2.05, 4.69) is 80.1 Å². The van der Waals surface area contributed by atoms with Gasteiger partial charge in [0.25, 0.3) is 0 Å². The van der Waals surface area contributed by atoms with Gasteiger partial charge in [0.15, 0.2) is 0 Å². The van der Waals surface area contributed by atoms with Crippen molar-refractivity contribution in [3.8, 4) is 5.75 Å². The van der Waals surface area contributed by atoms with E-state index in [1.54, 1.807) is 6.21 Å². The summed E-state index contributed by atoms with van der Waals surface area (Å²) in [6.45, 7) is 11.2. The van der Waals surface area contributed by atoms with Crippen LogP contribution < -0.4 is 10.2 Å². The molecule has 3 aromatic rings. The van der Waals surface area contributed by atoms with E-state index in [-0.39, 0.29) is 28.2 Å². The van der Waals surface area contributed by atoms with Crippen molar-refractivity contribution in [1.82, 2.24) is 4.90 Å². The third kappa shape index (κ3) is 8.85. The minimum atomic E-state index is -1.08. The zero-order chi connectivity index (χ0) is 26.9. The van der Waals surface area contributed by atoms with Crippen LogP contribution in [-0.4, -0.2) is 44.3 Å². The largest absolute Gasteiger partial charge is 2.00 e. The van der Waals surface area contributed by atoms with Crippen molar-refractivity contribution in [2.24, 2.45) is 4.99 Å². The number of benzene rings is 3. The fraction of sp³-hybridized carbons (Fsp3) is 0.355. The second kappa shape index (κ2) is 14.1. The van der Waals surface area contributed by atoms with Crippen LogP contribution in [0.25, 0.3) is 0 Å². The SMILES string of the molecule is CC(=O)[O-].CN(C)CCN=Cc1cc(C(C)(C)c2ccccc2)cc(C(C)(C)c2ccccc2)c1[O-].[Cu+2]. The second-order valence-electron chi connectivity index (χ2n) is 10.3. The van der Waals surface area contributed by atoms with Crippen molar-refractivity contribution < 1.29 is 32.1 Å². The number of rotatable bonds is 8. The van der Waals surface area contributed by atoms with Gasteiger partial charge < -0.3 is 19.9 Å². The standard InChI is InChI=1S/C29H36N2O.C2H4O2.Cu/c1-28(2,23-13-9-7-10-14-23)25-19-22(21-30-17-18-31(5)6)27(32)26(20-25)29(3,4)24-15-11-8-12-16-24;1-2(3)4;/h7-16,19-21,32H,17-18H2,1-6H3;1H3,(H,3,4);/q;;+2/p-2. The maximum absolute atomic E-state index is 13.6. The van der Waals surface area contributed by atoms with Crippen molar-refractivity contribution >= 4 is 12.2 Å². The molecule has 6 heteroatoms. The summed E-state index contributed by atoms with van der Waals surface area (Å²) in [6, 6.07) is 24.9. The molecule has 0 saturated carbocycles. The zero-order valence-electron chi connectivity index (χ0n) is 22.8. The van der Waals surface area contributed by atoms with E-state index in [9.17, 15) is 5.11 Å². The number of likely N-dealkylation sites (N-methyl/N-ethyl adjacent to an activating group) is 1. The molecule has 0 heterocycles. The number of carboxylic acids is 1. The average Bonchev–Trinajstić information content (AvgIpc) is 2.83. The summed E-state index contributed by atoms with van der Waals surface area (Å²) in [7, 11) is 4.05. The van der Waals surface area contributed by atoms with Gasteiger partial charge >= 0.3 is 17.1 Å². The Morgan fingerprint density at radius 1 is 0.865 bits per heavy atom. The topological polar surface area (TPSA) is 78.8 Å². The van der Waals surface area contributed by atoms with E-state index in [0.29, 0.717) is 12.1 Å². The first kappa shape index (κ1) is 32.1. The number of aliphatic imine (C=N–C) groups is 1. The first-order chi connectivity index (χ1) is 16.9. The maximum Gasteiger partial charge on any atom is 2.00 e. The minimum Gasteiger partial charge on any atom is -0.872 e. The number of nitrogens with zero attached hydrogens (tertiary/aromatic N) is 2. The first-order valence-electron chi connectivity index (χ1n) is 12.2. The molecule has 0 unspecified atom stereocenters. The number of carboxylic acid groups (broad SMARTS) is 1. The molecule has 1 radical (unpaired) electrons. The Kier molecular flexibility index (Phi) is 12.3. The zero-order valence-corrected chi connectivity index (χ0v) is 23.8. The number of hydrogen-bond acceptors (Lipinski definition) is 5. The van der Waals surface area contributed by atoms with Crippen molar-refractivity contribution in [3.63, 3.8) is 0 Å². The molecule has 3 rings (SSSR count). The molecule has 0 spiro atoms. The number of carbonyl (C=O) groups is 1. The van der Waals surface area contributed by atoms with Crippen molar-refractivity contribution in [1.29, 1.82) is 0 Å². The van der Waals surface area contributed by atoms with Crippen molar-refractivity contribution in [3.05, 3.63) is 101 Å². The Balaban J connectivity index is 0.00000127. The van der Waals surface area contributed by atoms with E-state index in [1.165, 1.54) is 5.56 Å². The molecule has 37 heavy (non-hydrogen) atoms. The molecule has 0 aliphatic carbocycles. The van der Waals surface area contributed by atoms with Crippen LogP contribution in [0.2, 0.25) is 0 Å². The predicted octanol–water partition coefficient (Wildman–Crippen LogP) is 4.15. The van der Waals surface area contributed by atoms with E-state index < -0.39 is 11.4 Å². The van der Waals surface area contributed by atoms with E-state index in [4.69, 9.17) is 9.90 Å². The Morgan fingerprint density at radius 3 is 1.78 bits per heavy atom. The van der Waals surface area contributed by atoms with Gasteiger partial charge in [0.2, 0.25) is 0 Å². The van der Waals surface area contributed by atoms with Gasteiger partial charge in [-0.05, 0) is 54.9 Å². The number of aliphatic carboxylic acids is 1. The molecule has 0 N–H and O–H groups in total. The summed E-state index contributed by atoms with van der Waals surface area (Å²) in [4.78, 5) is 15.5. The Labute approximate surface area is 232 Å². The molecule has 5 nitrogen and oxygen atoms in total. The Hall–Kier alpha value is -2.92. The summed E-state index contributed by atoms with van der Waals surface area (Å²) in [6.07, 6.45) is 1.76. The van der Waals surface area contributed by atoms with Gasteiger partial charge in [-0.15, -0.1) is 0 Å². The van der Waals surface area contributed by atoms with E-state index in [1.807, 2.05) is 44.4 Å². The molecule has 0 aromatic heterocycles. The average molecular weight is 550 g/mol. The quantitative estimate of drug-likeness (QED) is 0.312. The van der Waals surface area contributed by atoms with Gasteiger partial charge in [0, 0.05) is 29.6 Å².